The number of hydrogen-bond acceptors (Lipinski definition) is 2. The molecule has 0 saturated carbocycles. The number of Topliss-reactive ketones (excluding diaryl/α,β-unsaturated/α-hetero) is 1. The summed E-state index contributed by atoms with van der Waals surface area (Å²) in [6, 6.07) is 0. The zero-order valence-corrected chi connectivity index (χ0v) is 7.66. The monoisotopic (exact) mass is 207 g/mol. The van der Waals surface area contributed by atoms with E-state index in [1.54, 1.807) is 0 Å². The van der Waals surface area contributed by atoms with Crippen LogP contribution in [0.3, 0.4) is 0 Å². The fourth-order valence-corrected chi connectivity index (χ4v) is 0.848. The fraction of sp³-hybridized carbons (Fsp3) is 0.667. The van der Waals surface area contributed by atoms with Crippen molar-refractivity contribution in [2.45, 2.75) is 25.4 Å². The lowest BCUT2D eigenvalue weighted by Gasteiger charge is -2.05. The lowest BCUT2D eigenvalue weighted by Crippen LogP contribution is -2.23. The highest BCUT2D eigenvalue weighted by Crippen LogP contribution is 2.21. The van der Waals surface area contributed by atoms with Gasteiger partial charge in [0.25, 0.3) is 0 Å². The molecule has 1 N–H and O–H groups in total. The zero-order valence-electron chi connectivity index (χ0n) is 7.66. The van der Waals surface area contributed by atoms with Gasteiger partial charge < -0.3 is 0 Å². The van der Waals surface area contributed by atoms with E-state index in [-0.39, 0.29) is 31.7 Å². The molecule has 0 aromatic rings. The van der Waals surface area contributed by atoms with Crippen LogP contribution in [0.4, 0.5) is 13.2 Å². The Labute approximate surface area is 80.9 Å². The Balaban J connectivity index is 3.42. The van der Waals surface area contributed by atoms with Gasteiger partial charge in [0.1, 0.15) is 5.78 Å². The van der Waals surface area contributed by atoms with Crippen molar-refractivity contribution in [1.29, 1.82) is 0 Å². The summed E-state index contributed by atoms with van der Waals surface area (Å²) in [5.74, 6) is 2.01. The first kappa shape index (κ1) is 13.0. The van der Waals surface area contributed by atoms with Gasteiger partial charge in [-0.05, 0) is 6.42 Å². The number of carbonyl (C=O) groups is 1. The first-order valence-corrected chi connectivity index (χ1v) is 4.18. The van der Waals surface area contributed by atoms with Crippen LogP contribution in [0.2, 0.25) is 0 Å². The van der Waals surface area contributed by atoms with Crippen LogP contribution in [0.5, 0.6) is 0 Å². The van der Waals surface area contributed by atoms with Crippen LogP contribution < -0.4 is 5.32 Å². The third-order valence-electron chi connectivity index (χ3n) is 1.47. The Hall–Kier alpha value is -1.02. The van der Waals surface area contributed by atoms with Crippen molar-refractivity contribution in [3.63, 3.8) is 0 Å². The molecule has 0 atom stereocenters. The molecule has 0 aromatic carbocycles. The van der Waals surface area contributed by atoms with Crippen LogP contribution in [0, 0.1) is 12.3 Å². The van der Waals surface area contributed by atoms with Crippen molar-refractivity contribution in [2.75, 3.05) is 13.1 Å². The number of alkyl halides is 3. The van der Waals surface area contributed by atoms with Crippen LogP contribution in [0.15, 0.2) is 0 Å². The zero-order chi connectivity index (χ0) is 11.0. The van der Waals surface area contributed by atoms with E-state index < -0.39 is 12.6 Å². The van der Waals surface area contributed by atoms with Gasteiger partial charge in [0.15, 0.2) is 0 Å². The van der Waals surface area contributed by atoms with Gasteiger partial charge in [0, 0.05) is 12.8 Å². The number of terminal acetylenes is 1. The minimum atomic E-state index is -4.17. The summed E-state index contributed by atoms with van der Waals surface area (Å²) in [6.45, 7) is 0.299. The number of halogens is 3. The van der Waals surface area contributed by atoms with E-state index in [1.807, 2.05) is 0 Å². The molecule has 0 amide bonds. The van der Waals surface area contributed by atoms with Crippen LogP contribution >= 0.6 is 0 Å². The van der Waals surface area contributed by atoms with Gasteiger partial charge >= 0.3 is 6.18 Å². The van der Waals surface area contributed by atoms with Gasteiger partial charge in [-0.15, -0.1) is 6.42 Å². The van der Waals surface area contributed by atoms with Gasteiger partial charge in [-0.2, -0.15) is 13.2 Å². The summed E-state index contributed by atoms with van der Waals surface area (Å²) in [5.41, 5.74) is 0. The average Bonchev–Trinajstić information content (AvgIpc) is 2.02. The van der Waals surface area contributed by atoms with Crippen molar-refractivity contribution >= 4 is 5.78 Å². The summed E-state index contributed by atoms with van der Waals surface area (Å²) in [4.78, 5) is 10.9. The van der Waals surface area contributed by atoms with Crippen LogP contribution in [-0.4, -0.2) is 25.0 Å². The molecule has 0 aliphatic carbocycles. The molecule has 0 aliphatic heterocycles. The maximum absolute atomic E-state index is 11.7. The summed E-state index contributed by atoms with van der Waals surface area (Å²) < 4.78 is 35.0. The summed E-state index contributed by atoms with van der Waals surface area (Å²) in [7, 11) is 0. The Kier molecular flexibility index (Phi) is 5.97. The van der Waals surface area contributed by atoms with Gasteiger partial charge in [-0.3, -0.25) is 10.1 Å². The molecular weight excluding hydrogens is 195 g/mol. The van der Waals surface area contributed by atoms with E-state index in [1.165, 1.54) is 0 Å². The lowest BCUT2D eigenvalue weighted by molar-refractivity contribution is -0.137. The van der Waals surface area contributed by atoms with Crippen molar-refractivity contribution < 1.29 is 18.0 Å². The predicted octanol–water partition coefficient (Wildman–Crippen LogP) is 1.51. The average molecular weight is 207 g/mol. The number of carbonyl (C=O) groups excluding carboxylic acids is 1. The third kappa shape index (κ3) is 9.07. The van der Waals surface area contributed by atoms with Crippen molar-refractivity contribution in [3.8, 4) is 12.3 Å². The Bertz CT molecular complexity index is 217. The van der Waals surface area contributed by atoms with Crippen molar-refractivity contribution in [1.82, 2.24) is 5.32 Å². The van der Waals surface area contributed by atoms with Gasteiger partial charge in [0.2, 0.25) is 0 Å². The number of rotatable bonds is 6. The molecule has 0 aromatic heterocycles. The SMILES string of the molecule is C#CCNCC(=O)CCCC(F)(F)F. The van der Waals surface area contributed by atoms with Gasteiger partial charge in [-0.25, -0.2) is 0 Å². The van der Waals surface area contributed by atoms with E-state index in [2.05, 4.69) is 11.2 Å². The molecule has 0 radical (unpaired) electrons. The lowest BCUT2D eigenvalue weighted by atomic mass is 10.2. The molecule has 5 heteroatoms. The molecule has 0 rings (SSSR count). The molecule has 2 nitrogen and oxygen atoms in total. The topological polar surface area (TPSA) is 29.1 Å². The highest BCUT2D eigenvalue weighted by molar-refractivity contribution is 5.80. The minimum absolute atomic E-state index is 0.0437. The van der Waals surface area contributed by atoms with Gasteiger partial charge in [0.05, 0.1) is 13.1 Å². The van der Waals surface area contributed by atoms with E-state index in [9.17, 15) is 18.0 Å². The molecule has 0 spiro atoms. The first-order valence-electron chi connectivity index (χ1n) is 4.18. The largest absolute Gasteiger partial charge is 0.389 e. The molecular formula is C9H12F3NO. The molecule has 80 valence electrons. The molecule has 14 heavy (non-hydrogen) atoms. The molecule has 0 saturated heterocycles. The highest BCUT2D eigenvalue weighted by Gasteiger charge is 2.26. The Morgan fingerprint density at radius 1 is 1.43 bits per heavy atom. The number of hydrogen-bond donors (Lipinski definition) is 1. The standard InChI is InChI=1S/C9H12F3NO/c1-2-6-13-7-8(14)4-3-5-9(10,11)12/h1,13H,3-7H2. The molecule has 0 fully saturated rings. The number of ketones is 1. The second kappa shape index (κ2) is 6.44. The quantitative estimate of drug-likeness (QED) is 0.528. The summed E-state index contributed by atoms with van der Waals surface area (Å²) >= 11 is 0. The smallest absolute Gasteiger partial charge is 0.299 e. The minimum Gasteiger partial charge on any atom is -0.299 e. The first-order chi connectivity index (χ1) is 6.45. The van der Waals surface area contributed by atoms with E-state index in [0.29, 0.717) is 0 Å². The molecule has 0 unspecified atom stereocenters. The van der Waals surface area contributed by atoms with Crippen LogP contribution in [0.25, 0.3) is 0 Å². The van der Waals surface area contributed by atoms with E-state index >= 15 is 0 Å². The van der Waals surface area contributed by atoms with Crippen LogP contribution in [0.1, 0.15) is 19.3 Å². The molecule has 0 bridgehead atoms. The maximum atomic E-state index is 11.7. The molecule has 0 aliphatic rings. The number of nitrogens with one attached hydrogen (secondary N) is 1. The fourth-order valence-electron chi connectivity index (χ4n) is 0.848. The summed E-state index contributed by atoms with van der Waals surface area (Å²) in [5, 5.41) is 2.62. The second-order valence-corrected chi connectivity index (χ2v) is 2.82. The molecule has 0 heterocycles. The van der Waals surface area contributed by atoms with E-state index in [4.69, 9.17) is 6.42 Å². The van der Waals surface area contributed by atoms with Crippen molar-refractivity contribution in [2.24, 2.45) is 0 Å². The second-order valence-electron chi connectivity index (χ2n) is 2.82. The Morgan fingerprint density at radius 3 is 2.57 bits per heavy atom. The highest BCUT2D eigenvalue weighted by atomic mass is 19.4. The third-order valence-corrected chi connectivity index (χ3v) is 1.47. The summed E-state index contributed by atoms with van der Waals surface area (Å²) in [6.07, 6.45) is -0.395. The van der Waals surface area contributed by atoms with Crippen molar-refractivity contribution in [3.05, 3.63) is 0 Å². The Morgan fingerprint density at radius 2 is 2.07 bits per heavy atom. The maximum Gasteiger partial charge on any atom is 0.389 e. The predicted molar refractivity (Wildman–Crippen MR) is 46.6 cm³/mol. The van der Waals surface area contributed by atoms with Crippen LogP contribution in [-0.2, 0) is 4.79 Å². The van der Waals surface area contributed by atoms with Gasteiger partial charge in [-0.1, -0.05) is 5.92 Å². The van der Waals surface area contributed by atoms with E-state index in [0.717, 1.165) is 0 Å². The normalized spacial score (nSPS) is 11.0.